The summed E-state index contributed by atoms with van der Waals surface area (Å²) in [7, 11) is 3.39. The lowest BCUT2D eigenvalue weighted by Crippen LogP contribution is -2.17. The zero-order valence-electron chi connectivity index (χ0n) is 17.4. The lowest BCUT2D eigenvalue weighted by Gasteiger charge is -2.13. The SMILES string of the molecule is CCC(C)n1nc(-c2ccc(OC)nc2)nc1-c1ccc(=O)n(-c2cnn(C)c2)c1. The van der Waals surface area contributed by atoms with Crippen LogP contribution in [0, 0.1) is 0 Å². The van der Waals surface area contributed by atoms with Crippen LogP contribution in [0.25, 0.3) is 28.5 Å². The molecule has 1 atom stereocenters. The summed E-state index contributed by atoms with van der Waals surface area (Å²) in [5, 5.41) is 8.89. The molecule has 0 spiro atoms. The molecule has 9 heteroatoms. The number of ether oxygens (including phenoxy) is 1. The molecule has 4 aromatic rings. The van der Waals surface area contributed by atoms with E-state index in [1.807, 2.05) is 17.8 Å². The third-order valence-corrected chi connectivity index (χ3v) is 4.98. The first-order chi connectivity index (χ1) is 14.5. The van der Waals surface area contributed by atoms with E-state index in [1.54, 1.807) is 53.3 Å². The minimum absolute atomic E-state index is 0.131. The van der Waals surface area contributed by atoms with Crippen molar-refractivity contribution in [3.05, 3.63) is 59.4 Å². The van der Waals surface area contributed by atoms with Gasteiger partial charge < -0.3 is 4.74 Å². The van der Waals surface area contributed by atoms with Crippen molar-refractivity contribution in [2.24, 2.45) is 7.05 Å². The molecule has 4 rings (SSSR count). The fourth-order valence-corrected chi connectivity index (χ4v) is 3.11. The van der Waals surface area contributed by atoms with Crippen LogP contribution < -0.4 is 10.3 Å². The van der Waals surface area contributed by atoms with Crippen LogP contribution in [-0.2, 0) is 7.05 Å². The molecule has 154 valence electrons. The Labute approximate surface area is 173 Å². The number of methoxy groups -OCH3 is 1. The van der Waals surface area contributed by atoms with Crippen molar-refractivity contribution in [3.8, 4) is 34.3 Å². The minimum atomic E-state index is -0.138. The van der Waals surface area contributed by atoms with Gasteiger partial charge in [-0.05, 0) is 25.5 Å². The molecule has 0 saturated heterocycles. The molecule has 0 aliphatic rings. The highest BCUT2D eigenvalue weighted by Crippen LogP contribution is 2.26. The molecule has 0 fully saturated rings. The second kappa shape index (κ2) is 7.94. The van der Waals surface area contributed by atoms with Gasteiger partial charge in [-0.2, -0.15) is 10.2 Å². The van der Waals surface area contributed by atoms with Gasteiger partial charge in [0.2, 0.25) is 5.88 Å². The van der Waals surface area contributed by atoms with Gasteiger partial charge in [-0.25, -0.2) is 14.6 Å². The first-order valence-electron chi connectivity index (χ1n) is 9.69. The lowest BCUT2D eigenvalue weighted by atomic mass is 10.2. The second-order valence-corrected chi connectivity index (χ2v) is 7.05. The van der Waals surface area contributed by atoms with Gasteiger partial charge >= 0.3 is 0 Å². The largest absolute Gasteiger partial charge is 0.481 e. The lowest BCUT2D eigenvalue weighted by molar-refractivity contribution is 0.398. The normalized spacial score (nSPS) is 12.1. The van der Waals surface area contributed by atoms with Gasteiger partial charge in [0.05, 0.1) is 25.0 Å². The van der Waals surface area contributed by atoms with E-state index in [2.05, 4.69) is 23.9 Å². The number of hydrogen-bond acceptors (Lipinski definition) is 6. The third-order valence-electron chi connectivity index (χ3n) is 4.98. The van der Waals surface area contributed by atoms with Crippen molar-refractivity contribution in [3.63, 3.8) is 0 Å². The Bertz CT molecular complexity index is 1220. The van der Waals surface area contributed by atoms with Crippen molar-refractivity contribution in [1.82, 2.24) is 34.1 Å². The second-order valence-electron chi connectivity index (χ2n) is 7.05. The molecule has 0 aliphatic carbocycles. The summed E-state index contributed by atoms with van der Waals surface area (Å²) in [4.78, 5) is 21.5. The number of hydrogen-bond donors (Lipinski definition) is 0. The average molecular weight is 405 g/mol. The van der Waals surface area contributed by atoms with Gasteiger partial charge in [0.25, 0.3) is 5.56 Å². The summed E-state index contributed by atoms with van der Waals surface area (Å²) >= 11 is 0. The van der Waals surface area contributed by atoms with E-state index in [0.29, 0.717) is 23.2 Å². The van der Waals surface area contributed by atoms with Gasteiger partial charge in [0.15, 0.2) is 11.6 Å². The van der Waals surface area contributed by atoms with Crippen molar-refractivity contribution in [2.75, 3.05) is 7.11 Å². The van der Waals surface area contributed by atoms with Gasteiger partial charge in [0, 0.05) is 48.9 Å². The molecule has 0 radical (unpaired) electrons. The van der Waals surface area contributed by atoms with E-state index in [9.17, 15) is 4.79 Å². The first kappa shape index (κ1) is 19.6. The molecular formula is C21H23N7O2. The van der Waals surface area contributed by atoms with Crippen LogP contribution in [0.1, 0.15) is 26.3 Å². The van der Waals surface area contributed by atoms with E-state index < -0.39 is 0 Å². The Balaban J connectivity index is 1.83. The van der Waals surface area contributed by atoms with E-state index in [4.69, 9.17) is 14.8 Å². The van der Waals surface area contributed by atoms with Crippen LogP contribution in [0.5, 0.6) is 5.88 Å². The molecule has 0 amide bonds. The van der Waals surface area contributed by atoms with Gasteiger partial charge in [-0.1, -0.05) is 6.92 Å². The van der Waals surface area contributed by atoms with E-state index in [0.717, 1.165) is 17.5 Å². The minimum Gasteiger partial charge on any atom is -0.481 e. The number of aryl methyl sites for hydroxylation is 1. The Morgan fingerprint density at radius 3 is 2.53 bits per heavy atom. The standard InChI is InChI=1S/C21H23N7O2/c1-5-14(2)28-21(24-20(25-28)15-6-8-18(30-4)22-10-15)16-7-9-19(29)27(12-16)17-11-23-26(3)13-17/h6-14H,5H2,1-4H3. The highest BCUT2D eigenvalue weighted by atomic mass is 16.5. The predicted octanol–water partition coefficient (Wildman–Crippen LogP) is 2.87. The maximum Gasteiger partial charge on any atom is 0.255 e. The molecule has 1 unspecified atom stereocenters. The van der Waals surface area contributed by atoms with Gasteiger partial charge in [-0.3, -0.25) is 14.0 Å². The topological polar surface area (TPSA) is 92.7 Å². The summed E-state index contributed by atoms with van der Waals surface area (Å²) < 4.78 is 10.2. The van der Waals surface area contributed by atoms with Gasteiger partial charge in [0.1, 0.15) is 0 Å². The highest BCUT2D eigenvalue weighted by molar-refractivity contribution is 5.61. The Morgan fingerprint density at radius 1 is 1.10 bits per heavy atom. The third kappa shape index (κ3) is 3.61. The fraction of sp³-hybridized carbons (Fsp3) is 0.286. The number of pyridine rings is 2. The van der Waals surface area contributed by atoms with Crippen molar-refractivity contribution in [2.45, 2.75) is 26.3 Å². The molecule has 0 aromatic carbocycles. The number of nitrogens with zero attached hydrogens (tertiary/aromatic N) is 7. The smallest absolute Gasteiger partial charge is 0.255 e. The molecule has 30 heavy (non-hydrogen) atoms. The van der Waals surface area contributed by atoms with E-state index in [-0.39, 0.29) is 11.6 Å². The monoisotopic (exact) mass is 405 g/mol. The summed E-state index contributed by atoms with van der Waals surface area (Å²) in [6.45, 7) is 4.19. The molecule has 0 saturated carbocycles. The molecular weight excluding hydrogens is 382 g/mol. The predicted molar refractivity (Wildman–Crippen MR) is 113 cm³/mol. The van der Waals surface area contributed by atoms with Crippen molar-refractivity contribution < 1.29 is 4.74 Å². The maximum atomic E-state index is 12.4. The van der Waals surface area contributed by atoms with E-state index in [1.165, 1.54) is 6.07 Å². The zero-order chi connectivity index (χ0) is 21.3. The number of aromatic nitrogens is 7. The molecule has 0 N–H and O–H groups in total. The Kier molecular flexibility index (Phi) is 5.18. The zero-order valence-corrected chi connectivity index (χ0v) is 17.4. The van der Waals surface area contributed by atoms with Crippen molar-refractivity contribution >= 4 is 0 Å². The molecule has 0 aliphatic heterocycles. The highest BCUT2D eigenvalue weighted by Gasteiger charge is 2.18. The van der Waals surface area contributed by atoms with Crippen LogP contribution in [-0.4, -0.2) is 41.2 Å². The van der Waals surface area contributed by atoms with Crippen LogP contribution in [0.3, 0.4) is 0 Å². The quantitative estimate of drug-likeness (QED) is 0.490. The maximum absolute atomic E-state index is 12.4. The summed E-state index contributed by atoms with van der Waals surface area (Å²) in [6, 6.07) is 7.09. The first-order valence-corrected chi connectivity index (χ1v) is 9.69. The summed E-state index contributed by atoms with van der Waals surface area (Å²) in [5.74, 6) is 1.79. The molecule has 4 heterocycles. The van der Waals surface area contributed by atoms with Crippen LogP contribution in [0.15, 0.2) is 53.8 Å². The molecule has 0 bridgehead atoms. The van der Waals surface area contributed by atoms with Crippen molar-refractivity contribution in [1.29, 1.82) is 0 Å². The molecule has 9 nitrogen and oxygen atoms in total. The summed E-state index contributed by atoms with van der Waals surface area (Å²) in [5.41, 5.74) is 2.14. The Hall–Kier alpha value is -3.75. The van der Waals surface area contributed by atoms with E-state index >= 15 is 0 Å². The fourth-order valence-electron chi connectivity index (χ4n) is 3.11. The van der Waals surface area contributed by atoms with Crippen LogP contribution in [0.4, 0.5) is 0 Å². The average Bonchev–Trinajstić information content (AvgIpc) is 3.40. The summed E-state index contributed by atoms with van der Waals surface area (Å²) in [6.07, 6.45) is 7.80. The van der Waals surface area contributed by atoms with Gasteiger partial charge in [-0.15, -0.1) is 0 Å². The van der Waals surface area contributed by atoms with Crippen LogP contribution >= 0.6 is 0 Å². The number of rotatable bonds is 6. The Morgan fingerprint density at radius 2 is 1.90 bits per heavy atom. The van der Waals surface area contributed by atoms with Crippen LogP contribution in [0.2, 0.25) is 0 Å². The molecule has 4 aromatic heterocycles.